The second-order valence-electron chi connectivity index (χ2n) is 3.13. The maximum atomic E-state index is 9.52. The van der Waals surface area contributed by atoms with Crippen LogP contribution in [0.15, 0.2) is 30.9 Å². The van der Waals surface area contributed by atoms with Crippen molar-refractivity contribution in [2.75, 3.05) is 0 Å². The van der Waals surface area contributed by atoms with Gasteiger partial charge in [-0.2, -0.15) is 0 Å². The number of benzene rings is 1. The van der Waals surface area contributed by atoms with Crippen LogP contribution in [0.25, 0.3) is 0 Å². The summed E-state index contributed by atoms with van der Waals surface area (Å²) >= 11 is 11.6. The SMILES string of the molecule is C=CCC(O)Cc1ccc(Cl)c(Cl)c1. The highest BCUT2D eigenvalue weighted by molar-refractivity contribution is 6.42. The normalized spacial score (nSPS) is 12.5. The van der Waals surface area contributed by atoms with Crippen molar-refractivity contribution in [3.05, 3.63) is 46.5 Å². The van der Waals surface area contributed by atoms with E-state index in [2.05, 4.69) is 6.58 Å². The van der Waals surface area contributed by atoms with Crippen molar-refractivity contribution in [3.8, 4) is 0 Å². The third-order valence-corrected chi connectivity index (χ3v) is 2.63. The topological polar surface area (TPSA) is 20.2 Å². The minimum atomic E-state index is -0.398. The van der Waals surface area contributed by atoms with Gasteiger partial charge in [0.05, 0.1) is 16.1 Å². The summed E-state index contributed by atoms with van der Waals surface area (Å²) in [6, 6.07) is 5.37. The second-order valence-corrected chi connectivity index (χ2v) is 3.95. The van der Waals surface area contributed by atoms with E-state index >= 15 is 0 Å². The molecule has 1 unspecified atom stereocenters. The Kier molecular flexibility index (Phi) is 4.46. The first-order chi connectivity index (χ1) is 6.63. The molecule has 3 heteroatoms. The van der Waals surface area contributed by atoms with Gasteiger partial charge in [-0.25, -0.2) is 0 Å². The largest absolute Gasteiger partial charge is 0.392 e. The van der Waals surface area contributed by atoms with Crippen LogP contribution in [-0.2, 0) is 6.42 Å². The molecule has 0 amide bonds. The van der Waals surface area contributed by atoms with Crippen molar-refractivity contribution < 1.29 is 5.11 Å². The molecule has 76 valence electrons. The number of halogens is 2. The number of hydrogen-bond acceptors (Lipinski definition) is 1. The first kappa shape index (κ1) is 11.6. The first-order valence-electron chi connectivity index (χ1n) is 4.36. The summed E-state index contributed by atoms with van der Waals surface area (Å²) in [6.07, 6.45) is 2.45. The van der Waals surface area contributed by atoms with E-state index in [9.17, 15) is 5.11 Å². The zero-order chi connectivity index (χ0) is 10.6. The quantitative estimate of drug-likeness (QED) is 0.786. The molecule has 1 atom stereocenters. The molecule has 0 saturated carbocycles. The van der Waals surface area contributed by atoms with E-state index < -0.39 is 6.10 Å². The van der Waals surface area contributed by atoms with Crippen molar-refractivity contribution in [3.63, 3.8) is 0 Å². The van der Waals surface area contributed by atoms with Gasteiger partial charge in [0.15, 0.2) is 0 Å². The number of aliphatic hydroxyl groups is 1. The van der Waals surface area contributed by atoms with E-state index in [0.717, 1.165) is 5.56 Å². The summed E-state index contributed by atoms with van der Waals surface area (Å²) in [7, 11) is 0. The molecule has 0 radical (unpaired) electrons. The van der Waals surface area contributed by atoms with E-state index in [1.807, 2.05) is 6.07 Å². The molecule has 0 aliphatic heterocycles. The van der Waals surface area contributed by atoms with Crippen LogP contribution in [-0.4, -0.2) is 11.2 Å². The summed E-state index contributed by atoms with van der Waals surface area (Å²) in [5.41, 5.74) is 0.980. The lowest BCUT2D eigenvalue weighted by Crippen LogP contribution is -2.08. The Morgan fingerprint density at radius 1 is 1.36 bits per heavy atom. The molecular formula is C11H12Cl2O. The van der Waals surface area contributed by atoms with E-state index in [4.69, 9.17) is 23.2 Å². The monoisotopic (exact) mass is 230 g/mol. The molecule has 1 aromatic rings. The standard InChI is InChI=1S/C11H12Cl2O/c1-2-3-9(14)6-8-4-5-10(12)11(13)7-8/h2,4-5,7,9,14H,1,3,6H2. The Labute approximate surface area is 94.0 Å². The van der Waals surface area contributed by atoms with Gasteiger partial charge >= 0.3 is 0 Å². The Morgan fingerprint density at radius 2 is 2.07 bits per heavy atom. The lowest BCUT2D eigenvalue weighted by Gasteiger charge is -2.08. The van der Waals surface area contributed by atoms with Gasteiger partial charge in [0.2, 0.25) is 0 Å². The fourth-order valence-corrected chi connectivity index (χ4v) is 1.54. The van der Waals surface area contributed by atoms with Crippen LogP contribution in [0.5, 0.6) is 0 Å². The molecule has 14 heavy (non-hydrogen) atoms. The van der Waals surface area contributed by atoms with Crippen LogP contribution in [0.3, 0.4) is 0 Å². The van der Waals surface area contributed by atoms with Gasteiger partial charge in [-0.05, 0) is 30.5 Å². The minimum absolute atomic E-state index is 0.398. The lowest BCUT2D eigenvalue weighted by atomic mass is 10.1. The molecule has 0 spiro atoms. The third-order valence-electron chi connectivity index (χ3n) is 1.89. The Hall–Kier alpha value is -0.500. The average molecular weight is 231 g/mol. The van der Waals surface area contributed by atoms with Crippen molar-refractivity contribution in [1.82, 2.24) is 0 Å². The van der Waals surface area contributed by atoms with Gasteiger partial charge in [0, 0.05) is 0 Å². The molecule has 0 heterocycles. The molecule has 0 fully saturated rings. The van der Waals surface area contributed by atoms with Crippen molar-refractivity contribution >= 4 is 23.2 Å². The van der Waals surface area contributed by atoms with E-state index in [-0.39, 0.29) is 0 Å². The van der Waals surface area contributed by atoms with Crippen molar-refractivity contribution in [2.24, 2.45) is 0 Å². The number of hydrogen-bond donors (Lipinski definition) is 1. The maximum Gasteiger partial charge on any atom is 0.0614 e. The smallest absolute Gasteiger partial charge is 0.0614 e. The van der Waals surface area contributed by atoms with Gasteiger partial charge in [-0.3, -0.25) is 0 Å². The van der Waals surface area contributed by atoms with Gasteiger partial charge in [0.25, 0.3) is 0 Å². The molecule has 0 aliphatic carbocycles. The minimum Gasteiger partial charge on any atom is -0.392 e. The third kappa shape index (κ3) is 3.33. The van der Waals surface area contributed by atoms with Crippen LogP contribution in [0.1, 0.15) is 12.0 Å². The summed E-state index contributed by atoms with van der Waals surface area (Å²) in [4.78, 5) is 0. The van der Waals surface area contributed by atoms with Crippen molar-refractivity contribution in [2.45, 2.75) is 18.9 Å². The predicted molar refractivity (Wildman–Crippen MR) is 61.0 cm³/mol. The number of rotatable bonds is 4. The summed E-state index contributed by atoms with van der Waals surface area (Å²) in [5, 5.41) is 10.6. The zero-order valence-corrected chi connectivity index (χ0v) is 9.22. The van der Waals surface area contributed by atoms with Gasteiger partial charge in [-0.1, -0.05) is 35.3 Å². The summed E-state index contributed by atoms with van der Waals surface area (Å²) < 4.78 is 0. The van der Waals surface area contributed by atoms with E-state index in [1.165, 1.54) is 0 Å². The van der Waals surface area contributed by atoms with E-state index in [1.54, 1.807) is 18.2 Å². The molecule has 1 nitrogen and oxygen atoms in total. The fourth-order valence-electron chi connectivity index (χ4n) is 1.21. The van der Waals surface area contributed by atoms with Crippen LogP contribution in [0, 0.1) is 0 Å². The molecule has 1 aromatic carbocycles. The maximum absolute atomic E-state index is 9.52. The van der Waals surface area contributed by atoms with Crippen LogP contribution in [0.4, 0.5) is 0 Å². The molecular weight excluding hydrogens is 219 g/mol. The predicted octanol–water partition coefficient (Wildman–Crippen LogP) is 3.47. The molecule has 0 saturated heterocycles. The molecule has 0 bridgehead atoms. The van der Waals surface area contributed by atoms with Gasteiger partial charge < -0.3 is 5.11 Å². The lowest BCUT2D eigenvalue weighted by molar-refractivity contribution is 0.178. The second kappa shape index (κ2) is 5.40. The van der Waals surface area contributed by atoms with E-state index in [0.29, 0.717) is 22.9 Å². The summed E-state index contributed by atoms with van der Waals surface area (Å²) in [5.74, 6) is 0. The van der Waals surface area contributed by atoms with Crippen molar-refractivity contribution in [1.29, 1.82) is 0 Å². The highest BCUT2D eigenvalue weighted by Gasteiger charge is 2.05. The van der Waals surface area contributed by atoms with Crippen LogP contribution >= 0.6 is 23.2 Å². The summed E-state index contributed by atoms with van der Waals surface area (Å²) in [6.45, 7) is 3.57. The first-order valence-corrected chi connectivity index (χ1v) is 5.12. The molecule has 1 rings (SSSR count). The molecule has 0 aromatic heterocycles. The highest BCUT2D eigenvalue weighted by Crippen LogP contribution is 2.23. The van der Waals surface area contributed by atoms with Crippen LogP contribution < -0.4 is 0 Å². The number of aliphatic hydroxyl groups excluding tert-OH is 1. The van der Waals surface area contributed by atoms with Gasteiger partial charge in [-0.15, -0.1) is 6.58 Å². The zero-order valence-electron chi connectivity index (χ0n) is 7.71. The molecule has 1 N–H and O–H groups in total. The molecule has 0 aliphatic rings. The fraction of sp³-hybridized carbons (Fsp3) is 0.273. The Balaban J connectivity index is 2.67. The highest BCUT2D eigenvalue weighted by atomic mass is 35.5. The Morgan fingerprint density at radius 3 is 2.64 bits per heavy atom. The average Bonchev–Trinajstić information content (AvgIpc) is 2.12. The Bertz CT molecular complexity index is 323. The van der Waals surface area contributed by atoms with Gasteiger partial charge in [0.1, 0.15) is 0 Å². The van der Waals surface area contributed by atoms with Crippen LogP contribution in [0.2, 0.25) is 10.0 Å².